The molecule has 170 valence electrons. The first-order valence-electron chi connectivity index (χ1n) is 11.1. The molecule has 0 heterocycles. The van der Waals surface area contributed by atoms with Crippen molar-refractivity contribution in [1.29, 1.82) is 0 Å². The van der Waals surface area contributed by atoms with Gasteiger partial charge in [-0.3, -0.25) is 4.79 Å². The Bertz CT molecular complexity index is 1120. The molecular formula is C27H26ClNO4. The summed E-state index contributed by atoms with van der Waals surface area (Å²) in [6, 6.07) is 20.0. The van der Waals surface area contributed by atoms with Gasteiger partial charge in [-0.2, -0.15) is 0 Å². The quantitative estimate of drug-likeness (QED) is 0.417. The molecule has 0 saturated heterocycles. The number of hydrogen-bond donors (Lipinski definition) is 2. The Kier molecular flexibility index (Phi) is 7.30. The van der Waals surface area contributed by atoms with E-state index in [4.69, 9.17) is 21.4 Å². The van der Waals surface area contributed by atoms with E-state index in [1.165, 1.54) is 19.3 Å². The van der Waals surface area contributed by atoms with Crippen molar-refractivity contribution < 1.29 is 19.4 Å². The van der Waals surface area contributed by atoms with E-state index < -0.39 is 5.97 Å². The summed E-state index contributed by atoms with van der Waals surface area (Å²) in [6.45, 7) is 1.12. The third kappa shape index (κ3) is 5.93. The normalized spacial score (nSPS) is 13.2. The lowest BCUT2D eigenvalue weighted by molar-refractivity contribution is 0.0696. The fourth-order valence-corrected chi connectivity index (χ4v) is 3.93. The lowest BCUT2D eigenvalue weighted by Gasteiger charge is -2.25. The summed E-state index contributed by atoms with van der Waals surface area (Å²) < 4.78 is 5.91. The lowest BCUT2D eigenvalue weighted by atomic mass is 9.86. The first kappa shape index (κ1) is 22.9. The number of carbonyl (C=O) groups is 2. The zero-order valence-electron chi connectivity index (χ0n) is 18.2. The predicted octanol–water partition coefficient (Wildman–Crippen LogP) is 5.86. The molecule has 0 radical (unpaired) electrons. The largest absolute Gasteiger partial charge is 0.492 e. The van der Waals surface area contributed by atoms with Crippen LogP contribution in [0.3, 0.4) is 0 Å². The maximum atomic E-state index is 12.8. The van der Waals surface area contributed by atoms with E-state index in [9.17, 15) is 9.59 Å². The molecule has 0 unspecified atom stereocenters. The minimum absolute atomic E-state index is 0.198. The van der Waals surface area contributed by atoms with Crippen LogP contribution in [0.15, 0.2) is 66.7 Å². The average Bonchev–Trinajstić information content (AvgIpc) is 2.79. The molecule has 33 heavy (non-hydrogen) atoms. The number of carboxylic acid groups (broad SMARTS) is 1. The Morgan fingerprint density at radius 1 is 0.970 bits per heavy atom. The van der Waals surface area contributed by atoms with Gasteiger partial charge in [0.05, 0.1) is 17.7 Å². The zero-order valence-corrected chi connectivity index (χ0v) is 19.0. The molecule has 5 nitrogen and oxygen atoms in total. The fraction of sp³-hybridized carbons (Fsp3) is 0.259. The van der Waals surface area contributed by atoms with Gasteiger partial charge in [0.2, 0.25) is 0 Å². The Morgan fingerprint density at radius 2 is 1.64 bits per heavy atom. The molecule has 0 aromatic heterocycles. The van der Waals surface area contributed by atoms with E-state index >= 15 is 0 Å². The van der Waals surface area contributed by atoms with Crippen LogP contribution in [0.5, 0.6) is 5.75 Å². The van der Waals surface area contributed by atoms with Gasteiger partial charge in [-0.1, -0.05) is 54.4 Å². The van der Waals surface area contributed by atoms with E-state index in [1.807, 2.05) is 24.3 Å². The maximum absolute atomic E-state index is 12.8. The first-order chi connectivity index (χ1) is 16.0. The molecule has 0 spiro atoms. The van der Waals surface area contributed by atoms with Crippen LogP contribution in [-0.2, 0) is 6.42 Å². The number of amides is 1. The number of benzene rings is 3. The number of hydrogen-bond acceptors (Lipinski definition) is 3. The number of carboxylic acids is 1. The van der Waals surface area contributed by atoms with E-state index in [1.54, 1.807) is 42.5 Å². The van der Waals surface area contributed by atoms with Gasteiger partial charge in [0.15, 0.2) is 0 Å². The summed E-state index contributed by atoms with van der Waals surface area (Å²) in [5.41, 5.74) is 3.78. The molecule has 0 atom stereocenters. The SMILES string of the molecule is O=C(O)c1ccc(-c2ccc(CCNC(=O)c3cc(Cl)ccc3OCC3CCC3)cc2)cc1. The average molecular weight is 464 g/mol. The Hall–Kier alpha value is -3.31. The third-order valence-corrected chi connectivity index (χ3v) is 6.24. The van der Waals surface area contributed by atoms with Crippen molar-refractivity contribution >= 4 is 23.5 Å². The van der Waals surface area contributed by atoms with Crippen LogP contribution >= 0.6 is 11.6 Å². The molecule has 1 aliphatic carbocycles. The van der Waals surface area contributed by atoms with Gasteiger partial charge in [-0.25, -0.2) is 4.79 Å². The minimum atomic E-state index is -0.936. The number of nitrogens with one attached hydrogen (secondary N) is 1. The van der Waals surface area contributed by atoms with Crippen LogP contribution < -0.4 is 10.1 Å². The second-order valence-electron chi connectivity index (χ2n) is 8.33. The highest BCUT2D eigenvalue weighted by atomic mass is 35.5. The van der Waals surface area contributed by atoms with Gasteiger partial charge in [0, 0.05) is 11.6 Å². The van der Waals surface area contributed by atoms with E-state index in [0.717, 1.165) is 16.7 Å². The second kappa shape index (κ2) is 10.5. The van der Waals surface area contributed by atoms with Gasteiger partial charge >= 0.3 is 5.97 Å². The van der Waals surface area contributed by atoms with Crippen LogP contribution in [-0.4, -0.2) is 30.1 Å². The number of ether oxygens (including phenoxy) is 1. The number of aromatic carboxylic acids is 1. The Balaban J connectivity index is 1.32. The predicted molar refractivity (Wildman–Crippen MR) is 129 cm³/mol. The van der Waals surface area contributed by atoms with Crippen LogP contribution in [0, 0.1) is 5.92 Å². The van der Waals surface area contributed by atoms with E-state index in [-0.39, 0.29) is 11.5 Å². The van der Waals surface area contributed by atoms with Crippen LogP contribution in [0.4, 0.5) is 0 Å². The van der Waals surface area contributed by atoms with Crippen LogP contribution in [0.2, 0.25) is 5.02 Å². The molecule has 4 rings (SSSR count). The molecule has 1 amide bonds. The fourth-order valence-electron chi connectivity index (χ4n) is 3.76. The molecular weight excluding hydrogens is 438 g/mol. The van der Waals surface area contributed by atoms with Gasteiger partial charge in [0.25, 0.3) is 5.91 Å². The number of halogens is 1. The summed E-state index contributed by atoms with van der Waals surface area (Å²) in [5, 5.41) is 12.5. The Morgan fingerprint density at radius 3 is 2.24 bits per heavy atom. The summed E-state index contributed by atoms with van der Waals surface area (Å²) in [6.07, 6.45) is 4.30. The number of rotatable bonds is 9. The van der Waals surface area contributed by atoms with Gasteiger partial charge in [-0.05, 0) is 72.2 Å². The summed E-state index contributed by atoms with van der Waals surface area (Å²) in [7, 11) is 0. The highest BCUT2D eigenvalue weighted by Gasteiger charge is 2.20. The summed E-state index contributed by atoms with van der Waals surface area (Å²) in [4.78, 5) is 23.8. The van der Waals surface area contributed by atoms with Crippen molar-refractivity contribution in [3.63, 3.8) is 0 Å². The summed E-state index contributed by atoms with van der Waals surface area (Å²) >= 11 is 6.12. The summed E-state index contributed by atoms with van der Waals surface area (Å²) in [5.74, 6) is 0.0155. The maximum Gasteiger partial charge on any atom is 0.335 e. The molecule has 0 bridgehead atoms. The minimum Gasteiger partial charge on any atom is -0.492 e. The highest BCUT2D eigenvalue weighted by Crippen LogP contribution is 2.29. The van der Waals surface area contributed by atoms with Gasteiger partial charge in [0.1, 0.15) is 5.75 Å². The van der Waals surface area contributed by atoms with Crippen LogP contribution in [0.1, 0.15) is 45.5 Å². The molecule has 6 heteroatoms. The van der Waals surface area contributed by atoms with Gasteiger partial charge in [-0.15, -0.1) is 0 Å². The van der Waals surface area contributed by atoms with E-state index in [0.29, 0.717) is 41.8 Å². The molecule has 3 aromatic carbocycles. The van der Waals surface area contributed by atoms with Crippen molar-refractivity contribution in [3.8, 4) is 16.9 Å². The molecule has 1 aliphatic rings. The van der Waals surface area contributed by atoms with Crippen molar-refractivity contribution in [2.45, 2.75) is 25.7 Å². The van der Waals surface area contributed by atoms with Crippen molar-refractivity contribution in [2.24, 2.45) is 5.92 Å². The lowest BCUT2D eigenvalue weighted by Crippen LogP contribution is -2.27. The standard InChI is InChI=1S/C27H26ClNO4/c28-23-12-13-25(33-17-19-2-1-3-19)24(16-23)26(30)29-15-14-18-4-6-20(7-5-18)21-8-10-22(11-9-21)27(31)32/h4-13,16,19H,1-3,14-15,17H2,(H,29,30)(H,31,32). The third-order valence-electron chi connectivity index (χ3n) is 6.00. The topological polar surface area (TPSA) is 75.6 Å². The molecule has 1 fully saturated rings. The Labute approximate surface area is 198 Å². The molecule has 1 saturated carbocycles. The molecule has 3 aromatic rings. The first-order valence-corrected chi connectivity index (χ1v) is 11.5. The van der Waals surface area contributed by atoms with Crippen molar-refractivity contribution in [3.05, 3.63) is 88.4 Å². The zero-order chi connectivity index (χ0) is 23.2. The van der Waals surface area contributed by atoms with Gasteiger partial charge < -0.3 is 15.2 Å². The van der Waals surface area contributed by atoms with Crippen molar-refractivity contribution in [1.82, 2.24) is 5.32 Å². The highest BCUT2D eigenvalue weighted by molar-refractivity contribution is 6.31. The number of carbonyl (C=O) groups excluding carboxylic acids is 1. The smallest absolute Gasteiger partial charge is 0.335 e. The van der Waals surface area contributed by atoms with E-state index in [2.05, 4.69) is 5.32 Å². The monoisotopic (exact) mass is 463 g/mol. The second-order valence-corrected chi connectivity index (χ2v) is 8.77. The van der Waals surface area contributed by atoms with Crippen molar-refractivity contribution in [2.75, 3.05) is 13.2 Å². The molecule has 2 N–H and O–H groups in total. The van der Waals surface area contributed by atoms with Crippen LogP contribution in [0.25, 0.3) is 11.1 Å². The molecule has 0 aliphatic heterocycles.